The molecule has 0 unspecified atom stereocenters. The quantitative estimate of drug-likeness (QED) is 0.642. The fourth-order valence-electron chi connectivity index (χ4n) is 2.57. The van der Waals surface area contributed by atoms with E-state index in [2.05, 4.69) is 9.88 Å². The summed E-state index contributed by atoms with van der Waals surface area (Å²) in [6.45, 7) is 2.90. The Bertz CT molecular complexity index is 694. The van der Waals surface area contributed by atoms with Crippen LogP contribution >= 0.6 is 11.6 Å². The summed E-state index contributed by atoms with van der Waals surface area (Å²) in [5, 5.41) is 0.492. The number of carbonyl (C=O) groups excluding carboxylic acids is 1. The number of aromatic nitrogens is 1. The first kappa shape index (κ1) is 15.6. The summed E-state index contributed by atoms with van der Waals surface area (Å²) in [5.74, 6) is 0.914. The fraction of sp³-hybridized carbons (Fsp3) is 0.222. The minimum absolute atomic E-state index is 0.0487. The van der Waals surface area contributed by atoms with E-state index >= 15 is 0 Å². The third-order valence-electron chi connectivity index (χ3n) is 3.83. The average Bonchev–Trinajstić information content (AvgIpc) is 2.61. The van der Waals surface area contributed by atoms with Gasteiger partial charge in [-0.05, 0) is 23.8 Å². The Kier molecular flexibility index (Phi) is 4.93. The Morgan fingerprint density at radius 3 is 2.43 bits per heavy atom. The maximum atomic E-state index is 12.3. The normalized spacial score (nSPS) is 15.2. The lowest BCUT2D eigenvalue weighted by Crippen LogP contribution is -2.48. The van der Waals surface area contributed by atoms with Gasteiger partial charge >= 0.3 is 0 Å². The summed E-state index contributed by atoms with van der Waals surface area (Å²) in [4.78, 5) is 20.6. The molecule has 1 amide bonds. The standard InChI is InChI=1S/C18H18ClN3O/c19-16-7-4-8-17(20-16)21-11-13-22(14-12-21)18(23)10-9-15-5-2-1-3-6-15/h1-10H,11-14H2/b10-9+. The van der Waals surface area contributed by atoms with E-state index < -0.39 is 0 Å². The number of hydrogen-bond acceptors (Lipinski definition) is 3. The average molecular weight is 328 g/mol. The van der Waals surface area contributed by atoms with Gasteiger partial charge in [-0.3, -0.25) is 4.79 Å². The van der Waals surface area contributed by atoms with Gasteiger partial charge in [0.1, 0.15) is 11.0 Å². The number of nitrogens with zero attached hydrogens (tertiary/aromatic N) is 3. The van der Waals surface area contributed by atoms with E-state index in [1.807, 2.05) is 53.4 Å². The van der Waals surface area contributed by atoms with Crippen LogP contribution in [0.2, 0.25) is 5.15 Å². The van der Waals surface area contributed by atoms with Crippen LogP contribution in [0.3, 0.4) is 0 Å². The van der Waals surface area contributed by atoms with Crippen molar-refractivity contribution in [1.82, 2.24) is 9.88 Å². The molecule has 0 aliphatic carbocycles. The van der Waals surface area contributed by atoms with Crippen molar-refractivity contribution < 1.29 is 4.79 Å². The van der Waals surface area contributed by atoms with Crippen molar-refractivity contribution in [2.45, 2.75) is 0 Å². The minimum atomic E-state index is 0.0487. The highest BCUT2D eigenvalue weighted by Gasteiger charge is 2.20. The topological polar surface area (TPSA) is 36.4 Å². The maximum Gasteiger partial charge on any atom is 0.246 e. The van der Waals surface area contributed by atoms with Crippen molar-refractivity contribution in [1.29, 1.82) is 0 Å². The van der Waals surface area contributed by atoms with Gasteiger partial charge in [0.05, 0.1) is 0 Å². The summed E-state index contributed by atoms with van der Waals surface area (Å²) in [6, 6.07) is 15.4. The highest BCUT2D eigenvalue weighted by Crippen LogP contribution is 2.16. The predicted octanol–water partition coefficient (Wildman–Crippen LogP) is 3.10. The van der Waals surface area contributed by atoms with Crippen molar-refractivity contribution in [3.63, 3.8) is 0 Å². The molecule has 1 saturated heterocycles. The first-order chi connectivity index (χ1) is 11.2. The smallest absolute Gasteiger partial charge is 0.246 e. The molecule has 2 heterocycles. The number of carbonyl (C=O) groups is 1. The number of pyridine rings is 1. The van der Waals surface area contributed by atoms with E-state index in [0.29, 0.717) is 18.2 Å². The fourth-order valence-corrected chi connectivity index (χ4v) is 2.73. The Balaban J connectivity index is 1.56. The van der Waals surface area contributed by atoms with E-state index in [1.165, 1.54) is 0 Å². The summed E-state index contributed by atoms with van der Waals surface area (Å²) in [6.07, 6.45) is 3.50. The van der Waals surface area contributed by atoms with Gasteiger partial charge in [0, 0.05) is 32.3 Å². The second-order valence-electron chi connectivity index (χ2n) is 5.37. The highest BCUT2D eigenvalue weighted by molar-refractivity contribution is 6.29. The molecule has 23 heavy (non-hydrogen) atoms. The predicted molar refractivity (Wildman–Crippen MR) is 93.5 cm³/mol. The van der Waals surface area contributed by atoms with Crippen molar-refractivity contribution in [3.05, 3.63) is 65.3 Å². The van der Waals surface area contributed by atoms with Gasteiger partial charge < -0.3 is 9.80 Å². The monoisotopic (exact) mass is 327 g/mol. The van der Waals surface area contributed by atoms with Crippen LogP contribution in [-0.4, -0.2) is 42.0 Å². The second kappa shape index (κ2) is 7.29. The number of benzene rings is 1. The molecule has 0 radical (unpaired) electrons. The molecular weight excluding hydrogens is 310 g/mol. The molecule has 1 aromatic heterocycles. The van der Waals surface area contributed by atoms with E-state index in [1.54, 1.807) is 12.1 Å². The van der Waals surface area contributed by atoms with E-state index in [-0.39, 0.29) is 5.91 Å². The molecule has 1 aliphatic rings. The Hall–Kier alpha value is -2.33. The van der Waals surface area contributed by atoms with Crippen LogP contribution in [0.15, 0.2) is 54.6 Å². The molecule has 0 N–H and O–H groups in total. The molecular formula is C18H18ClN3O. The van der Waals surface area contributed by atoms with Crippen molar-refractivity contribution in [2.24, 2.45) is 0 Å². The Morgan fingerprint density at radius 2 is 1.74 bits per heavy atom. The van der Waals surface area contributed by atoms with E-state index in [0.717, 1.165) is 24.5 Å². The summed E-state index contributed by atoms with van der Waals surface area (Å²) < 4.78 is 0. The third kappa shape index (κ3) is 4.11. The molecule has 1 aliphatic heterocycles. The molecule has 0 bridgehead atoms. The van der Waals surface area contributed by atoms with Crippen LogP contribution in [0.25, 0.3) is 6.08 Å². The number of piperazine rings is 1. The first-order valence-electron chi connectivity index (χ1n) is 7.62. The molecule has 5 heteroatoms. The van der Waals surface area contributed by atoms with E-state index in [4.69, 9.17) is 11.6 Å². The first-order valence-corrected chi connectivity index (χ1v) is 8.00. The lowest BCUT2D eigenvalue weighted by molar-refractivity contribution is -0.126. The number of hydrogen-bond donors (Lipinski definition) is 0. The molecule has 1 fully saturated rings. The molecule has 0 atom stereocenters. The number of anilines is 1. The van der Waals surface area contributed by atoms with Gasteiger partial charge in [0.15, 0.2) is 0 Å². The lowest BCUT2D eigenvalue weighted by Gasteiger charge is -2.35. The van der Waals surface area contributed by atoms with Crippen LogP contribution in [-0.2, 0) is 4.79 Å². The molecule has 1 aromatic carbocycles. The van der Waals surface area contributed by atoms with Gasteiger partial charge in [-0.15, -0.1) is 0 Å². The zero-order valence-electron chi connectivity index (χ0n) is 12.7. The molecule has 0 spiro atoms. The Labute approximate surface area is 141 Å². The maximum absolute atomic E-state index is 12.3. The number of amides is 1. The van der Waals surface area contributed by atoms with Crippen LogP contribution in [0.5, 0.6) is 0 Å². The molecule has 118 valence electrons. The Morgan fingerprint density at radius 1 is 1.00 bits per heavy atom. The third-order valence-corrected chi connectivity index (χ3v) is 4.04. The van der Waals surface area contributed by atoms with Gasteiger partial charge in [0.25, 0.3) is 0 Å². The lowest BCUT2D eigenvalue weighted by atomic mass is 10.2. The van der Waals surface area contributed by atoms with Gasteiger partial charge in [-0.2, -0.15) is 0 Å². The molecule has 3 rings (SSSR count). The van der Waals surface area contributed by atoms with Crippen molar-refractivity contribution in [2.75, 3.05) is 31.1 Å². The largest absolute Gasteiger partial charge is 0.353 e. The van der Waals surface area contributed by atoms with Gasteiger partial charge in [-0.25, -0.2) is 4.98 Å². The summed E-state index contributed by atoms with van der Waals surface area (Å²) >= 11 is 5.93. The molecule has 0 saturated carbocycles. The summed E-state index contributed by atoms with van der Waals surface area (Å²) in [5.41, 5.74) is 1.03. The number of rotatable bonds is 3. The zero-order chi connectivity index (χ0) is 16.1. The molecule has 4 nitrogen and oxygen atoms in total. The highest BCUT2D eigenvalue weighted by atomic mass is 35.5. The van der Waals surface area contributed by atoms with Gasteiger partial charge in [-0.1, -0.05) is 48.0 Å². The molecule has 2 aromatic rings. The van der Waals surface area contributed by atoms with Gasteiger partial charge in [0.2, 0.25) is 5.91 Å². The van der Waals surface area contributed by atoms with Crippen molar-refractivity contribution in [3.8, 4) is 0 Å². The second-order valence-corrected chi connectivity index (χ2v) is 5.76. The van der Waals surface area contributed by atoms with Crippen molar-refractivity contribution >= 4 is 29.4 Å². The van der Waals surface area contributed by atoms with Crippen LogP contribution in [0.4, 0.5) is 5.82 Å². The summed E-state index contributed by atoms with van der Waals surface area (Å²) in [7, 11) is 0. The number of halogens is 1. The van der Waals surface area contributed by atoms with Crippen LogP contribution in [0.1, 0.15) is 5.56 Å². The van der Waals surface area contributed by atoms with E-state index in [9.17, 15) is 4.79 Å². The van der Waals surface area contributed by atoms with Crippen LogP contribution < -0.4 is 4.90 Å². The zero-order valence-corrected chi connectivity index (χ0v) is 13.5. The SMILES string of the molecule is O=C(/C=C/c1ccccc1)N1CCN(c2cccc(Cl)n2)CC1. The minimum Gasteiger partial charge on any atom is -0.353 e. The van der Waals surface area contributed by atoms with Crippen LogP contribution in [0, 0.1) is 0 Å².